The van der Waals surface area contributed by atoms with E-state index in [1.54, 1.807) is 0 Å². The van der Waals surface area contributed by atoms with Gasteiger partial charge in [0.1, 0.15) is 18.0 Å². The van der Waals surface area contributed by atoms with Gasteiger partial charge in [0, 0.05) is 29.1 Å². The van der Waals surface area contributed by atoms with E-state index in [0.29, 0.717) is 13.2 Å². The first kappa shape index (κ1) is 15.6. The van der Waals surface area contributed by atoms with Crippen LogP contribution in [0.2, 0.25) is 5.02 Å². The summed E-state index contributed by atoms with van der Waals surface area (Å²) in [6, 6.07) is 3.90. The van der Waals surface area contributed by atoms with Crippen LogP contribution in [-0.4, -0.2) is 25.1 Å². The van der Waals surface area contributed by atoms with Crippen LogP contribution < -0.4 is 0 Å². The van der Waals surface area contributed by atoms with E-state index in [2.05, 4.69) is 31.9 Å². The van der Waals surface area contributed by atoms with E-state index in [1.807, 2.05) is 12.1 Å². The van der Waals surface area contributed by atoms with Gasteiger partial charge in [-0.15, -0.1) is 0 Å². The summed E-state index contributed by atoms with van der Waals surface area (Å²) in [7, 11) is 2.13. The Morgan fingerprint density at radius 3 is 2.95 bits per heavy atom. The highest BCUT2D eigenvalue weighted by Gasteiger charge is 2.23. The maximum absolute atomic E-state index is 6.40. The van der Waals surface area contributed by atoms with Gasteiger partial charge in [-0.2, -0.15) is 0 Å². The second-order valence-corrected chi connectivity index (χ2v) is 6.59. The van der Waals surface area contributed by atoms with Crippen LogP contribution in [0, 0.1) is 0 Å². The number of hydrogen-bond donors (Lipinski definition) is 0. The lowest BCUT2D eigenvalue weighted by Crippen LogP contribution is -2.19. The van der Waals surface area contributed by atoms with Crippen LogP contribution >= 0.6 is 11.6 Å². The number of ether oxygens (including phenoxy) is 1. The van der Waals surface area contributed by atoms with Gasteiger partial charge in [0.2, 0.25) is 0 Å². The number of allylic oxidation sites excluding steroid dienone is 1. The lowest BCUT2D eigenvalue weighted by molar-refractivity contribution is 0.131. The summed E-state index contributed by atoms with van der Waals surface area (Å²) in [5, 5.41) is 2.03. The molecule has 22 heavy (non-hydrogen) atoms. The normalized spacial score (nSPS) is 15.1. The summed E-state index contributed by atoms with van der Waals surface area (Å²) < 4.78 is 11.8. The van der Waals surface area contributed by atoms with Gasteiger partial charge in [-0.1, -0.05) is 23.3 Å². The van der Waals surface area contributed by atoms with Crippen molar-refractivity contribution in [2.24, 2.45) is 0 Å². The largest absolute Gasteiger partial charge is 0.458 e. The Kier molecular flexibility index (Phi) is 4.57. The molecule has 0 unspecified atom stereocenters. The van der Waals surface area contributed by atoms with Crippen molar-refractivity contribution in [3.8, 4) is 0 Å². The van der Waals surface area contributed by atoms with Crippen molar-refractivity contribution in [2.45, 2.75) is 33.4 Å². The van der Waals surface area contributed by atoms with Crippen LogP contribution in [0.25, 0.3) is 11.0 Å². The topological polar surface area (TPSA) is 25.6 Å². The zero-order valence-electron chi connectivity index (χ0n) is 13.4. The van der Waals surface area contributed by atoms with Crippen LogP contribution in [0.15, 0.2) is 28.2 Å². The molecular weight excluding hydrogens is 298 g/mol. The van der Waals surface area contributed by atoms with Gasteiger partial charge in [-0.05, 0) is 45.0 Å². The molecule has 2 heterocycles. The second kappa shape index (κ2) is 6.45. The fourth-order valence-electron chi connectivity index (χ4n) is 2.91. The van der Waals surface area contributed by atoms with Gasteiger partial charge < -0.3 is 14.1 Å². The van der Waals surface area contributed by atoms with E-state index in [1.165, 1.54) is 22.1 Å². The Labute approximate surface area is 136 Å². The van der Waals surface area contributed by atoms with E-state index < -0.39 is 0 Å². The van der Waals surface area contributed by atoms with Crippen molar-refractivity contribution >= 4 is 22.6 Å². The summed E-state index contributed by atoms with van der Waals surface area (Å²) in [5.41, 5.74) is 4.62. The third-order valence-corrected chi connectivity index (χ3v) is 4.46. The van der Waals surface area contributed by atoms with E-state index >= 15 is 0 Å². The number of rotatable bonds is 4. The first-order valence-corrected chi connectivity index (χ1v) is 8.05. The number of halogens is 1. The average Bonchev–Trinajstić information content (AvgIpc) is 2.69. The SMILES string of the molecule is CC(C)=CCOCc1oc2ccc(Cl)c3c2c1CN(C)CC3. The fourth-order valence-corrected chi connectivity index (χ4v) is 3.16. The smallest absolute Gasteiger partial charge is 0.135 e. The molecule has 0 atom stereocenters. The lowest BCUT2D eigenvalue weighted by atomic mass is 10.0. The van der Waals surface area contributed by atoms with Gasteiger partial charge in [-0.3, -0.25) is 0 Å². The van der Waals surface area contributed by atoms with Gasteiger partial charge >= 0.3 is 0 Å². The van der Waals surface area contributed by atoms with Crippen molar-refractivity contribution in [2.75, 3.05) is 20.2 Å². The molecule has 2 aromatic rings. The predicted octanol–water partition coefficient (Wildman–Crippen LogP) is 4.56. The van der Waals surface area contributed by atoms with Crippen molar-refractivity contribution < 1.29 is 9.15 Å². The average molecular weight is 320 g/mol. The molecule has 118 valence electrons. The van der Waals surface area contributed by atoms with Gasteiger partial charge in [-0.25, -0.2) is 0 Å². The number of likely N-dealkylation sites (N-methyl/N-ethyl adjacent to an activating group) is 1. The molecule has 0 bridgehead atoms. The summed E-state index contributed by atoms with van der Waals surface area (Å²) in [6.07, 6.45) is 3.03. The number of furan rings is 1. The molecule has 3 rings (SSSR count). The van der Waals surface area contributed by atoms with Crippen molar-refractivity contribution in [3.63, 3.8) is 0 Å². The zero-order valence-corrected chi connectivity index (χ0v) is 14.2. The molecule has 0 aliphatic carbocycles. The minimum atomic E-state index is 0.499. The lowest BCUT2D eigenvalue weighted by Gasteiger charge is -2.13. The third-order valence-electron chi connectivity index (χ3n) is 4.10. The standard InChI is InChI=1S/C18H22ClNO2/c1-12(2)7-9-21-11-17-14-10-20(3)8-6-13-15(19)4-5-16(22-17)18(13)14/h4-5,7H,6,8-11H2,1-3H3. The molecule has 0 saturated carbocycles. The molecule has 0 saturated heterocycles. The summed E-state index contributed by atoms with van der Waals surface area (Å²) in [4.78, 5) is 2.31. The highest BCUT2D eigenvalue weighted by molar-refractivity contribution is 6.32. The van der Waals surface area contributed by atoms with E-state index in [4.69, 9.17) is 20.8 Å². The maximum atomic E-state index is 6.40. The highest BCUT2D eigenvalue weighted by atomic mass is 35.5. The predicted molar refractivity (Wildman–Crippen MR) is 90.3 cm³/mol. The second-order valence-electron chi connectivity index (χ2n) is 6.19. The summed E-state index contributed by atoms with van der Waals surface area (Å²) in [6.45, 7) is 7.14. The van der Waals surface area contributed by atoms with Crippen LogP contribution in [0.5, 0.6) is 0 Å². The Bertz CT molecular complexity index is 713. The molecule has 1 aromatic carbocycles. The Morgan fingerprint density at radius 2 is 2.18 bits per heavy atom. The molecule has 0 fully saturated rings. The van der Waals surface area contributed by atoms with E-state index in [9.17, 15) is 0 Å². The number of benzene rings is 1. The molecule has 0 spiro atoms. The van der Waals surface area contributed by atoms with Crippen molar-refractivity contribution in [1.29, 1.82) is 0 Å². The first-order valence-electron chi connectivity index (χ1n) is 7.67. The number of hydrogen-bond acceptors (Lipinski definition) is 3. The molecule has 1 aromatic heterocycles. The molecular formula is C18H22ClNO2. The van der Waals surface area contributed by atoms with Crippen molar-refractivity contribution in [1.82, 2.24) is 4.90 Å². The minimum absolute atomic E-state index is 0.499. The molecule has 4 heteroatoms. The van der Waals surface area contributed by atoms with Gasteiger partial charge in [0.15, 0.2) is 0 Å². The number of nitrogens with zero attached hydrogens (tertiary/aromatic N) is 1. The maximum Gasteiger partial charge on any atom is 0.135 e. The quantitative estimate of drug-likeness (QED) is 0.610. The third kappa shape index (κ3) is 3.07. The molecule has 1 aliphatic heterocycles. The molecule has 1 aliphatic rings. The first-order chi connectivity index (χ1) is 10.6. The van der Waals surface area contributed by atoms with Crippen LogP contribution in [-0.2, 0) is 24.3 Å². The molecule has 0 N–H and O–H groups in total. The summed E-state index contributed by atoms with van der Waals surface area (Å²) in [5.74, 6) is 0.925. The van der Waals surface area contributed by atoms with E-state index in [0.717, 1.165) is 35.9 Å². The van der Waals surface area contributed by atoms with Crippen LogP contribution in [0.4, 0.5) is 0 Å². The van der Waals surface area contributed by atoms with Crippen LogP contribution in [0.3, 0.4) is 0 Å². The van der Waals surface area contributed by atoms with E-state index in [-0.39, 0.29) is 0 Å². The van der Waals surface area contributed by atoms with Gasteiger partial charge in [0.25, 0.3) is 0 Å². The molecule has 3 nitrogen and oxygen atoms in total. The van der Waals surface area contributed by atoms with Crippen LogP contribution in [0.1, 0.15) is 30.7 Å². The Balaban J connectivity index is 1.95. The fraction of sp³-hybridized carbons (Fsp3) is 0.444. The minimum Gasteiger partial charge on any atom is -0.458 e. The Morgan fingerprint density at radius 1 is 1.36 bits per heavy atom. The monoisotopic (exact) mass is 319 g/mol. The van der Waals surface area contributed by atoms with Crippen molar-refractivity contribution in [3.05, 3.63) is 45.7 Å². The molecule has 0 amide bonds. The summed E-state index contributed by atoms with van der Waals surface area (Å²) >= 11 is 6.40. The zero-order chi connectivity index (χ0) is 15.7. The highest BCUT2D eigenvalue weighted by Crippen LogP contribution is 2.36. The molecule has 0 radical (unpaired) electrons. The van der Waals surface area contributed by atoms with Gasteiger partial charge in [0.05, 0.1) is 6.61 Å². The Hall–Kier alpha value is -1.29.